The second-order valence-corrected chi connectivity index (χ2v) is 0.611. The quantitative estimate of drug-likeness (QED) is 0.374. The van der Waals surface area contributed by atoms with Gasteiger partial charge in [0.1, 0.15) is 0 Å². The van der Waals surface area contributed by atoms with Gasteiger partial charge < -0.3 is 22.7 Å². The predicted octanol–water partition coefficient (Wildman–Crippen LogP) is -3.39. The first-order chi connectivity index (χ1) is 1.73. The zero-order chi connectivity index (χ0) is 3.58. The molecule has 0 saturated heterocycles. The van der Waals surface area contributed by atoms with Gasteiger partial charge in [-0.3, -0.25) is 4.79 Å². The Morgan fingerprint density at radius 3 is 2.00 bits per heavy atom. The van der Waals surface area contributed by atoms with E-state index in [-0.39, 0.29) is 24.3 Å². The van der Waals surface area contributed by atoms with Crippen molar-refractivity contribution >= 4 is 5.91 Å². The Bertz CT molecular complexity index is 36.5. The molecule has 0 aliphatic rings. The average molecular weight is 140 g/mol. The maximum absolute atomic E-state index is 9.22. The minimum absolute atomic E-state index is 0. The predicted molar refractivity (Wildman–Crippen MR) is 16.0 cm³/mol. The van der Waals surface area contributed by atoms with Crippen molar-refractivity contribution in [1.29, 1.82) is 0 Å². The van der Waals surface area contributed by atoms with Crippen molar-refractivity contribution in [1.82, 2.24) is 0 Å². The zero-order valence-electron chi connectivity index (χ0n) is 3.86. The number of halogens is 1. The molecular formula is C2H6BrNO. The summed E-state index contributed by atoms with van der Waals surface area (Å²) >= 11 is 0. The summed E-state index contributed by atoms with van der Waals surface area (Å²) < 4.78 is 0. The molecule has 2 nitrogen and oxygen atoms in total. The fraction of sp³-hybridized carbons (Fsp3) is 0.500. The summed E-state index contributed by atoms with van der Waals surface area (Å²) in [6.07, 6.45) is 0. The van der Waals surface area contributed by atoms with Gasteiger partial charge in [0.05, 0.1) is 0 Å². The monoisotopic (exact) mass is 139 g/mol. The van der Waals surface area contributed by atoms with Crippen molar-refractivity contribution in [2.75, 3.05) is 0 Å². The molecule has 0 aliphatic heterocycles. The Morgan fingerprint density at radius 1 is 2.00 bits per heavy atom. The average Bonchev–Trinajstić information content (AvgIpc) is 0.811. The van der Waals surface area contributed by atoms with E-state index in [1.54, 1.807) is 0 Å². The molecule has 0 rings (SSSR count). The van der Waals surface area contributed by atoms with Crippen LogP contribution in [0.3, 0.4) is 0 Å². The highest BCUT2D eigenvalue weighted by atomic mass is 79.9. The van der Waals surface area contributed by atoms with Crippen LogP contribution in [0.4, 0.5) is 0 Å². The van der Waals surface area contributed by atoms with Crippen LogP contribution < -0.4 is 22.7 Å². The van der Waals surface area contributed by atoms with Crippen LogP contribution in [0.15, 0.2) is 0 Å². The molecule has 0 unspecified atom stereocenters. The first kappa shape index (κ1) is 8.87. The Hall–Kier alpha value is -0.0500. The molecule has 0 aliphatic carbocycles. The molecule has 0 aromatic rings. The van der Waals surface area contributed by atoms with Gasteiger partial charge in [-0.15, -0.1) is 0 Å². The van der Waals surface area contributed by atoms with Crippen LogP contribution in [0, 0.1) is 0 Å². The molecule has 0 aromatic heterocycles. The number of rotatable bonds is 0. The minimum atomic E-state index is -0.333. The SMILES string of the molecule is CC(N)=O.[Br-].[H+]. The second kappa shape index (κ2) is 3.95. The summed E-state index contributed by atoms with van der Waals surface area (Å²) in [5.41, 5.74) is 4.47. The molecule has 0 bridgehead atoms. The molecule has 0 atom stereocenters. The summed E-state index contributed by atoms with van der Waals surface area (Å²) in [4.78, 5) is 9.22. The molecule has 3 heteroatoms. The van der Waals surface area contributed by atoms with E-state index in [1.165, 1.54) is 6.92 Å². The summed E-state index contributed by atoms with van der Waals surface area (Å²) in [5.74, 6) is -0.333. The second-order valence-electron chi connectivity index (χ2n) is 0.611. The zero-order valence-corrected chi connectivity index (χ0v) is 4.45. The maximum atomic E-state index is 9.22. The van der Waals surface area contributed by atoms with Crippen LogP contribution in [0.2, 0.25) is 0 Å². The Labute approximate surface area is 42.6 Å². The lowest BCUT2D eigenvalue weighted by Crippen LogP contribution is -3.00. The van der Waals surface area contributed by atoms with E-state index >= 15 is 0 Å². The van der Waals surface area contributed by atoms with Crippen molar-refractivity contribution in [3.8, 4) is 0 Å². The van der Waals surface area contributed by atoms with Gasteiger partial charge in [0, 0.05) is 6.92 Å². The van der Waals surface area contributed by atoms with Crippen LogP contribution in [0.25, 0.3) is 0 Å². The van der Waals surface area contributed by atoms with Gasteiger partial charge in [-0.05, 0) is 0 Å². The molecule has 0 saturated carbocycles. The lowest BCUT2D eigenvalue weighted by atomic mass is 10.8. The van der Waals surface area contributed by atoms with Crippen molar-refractivity contribution in [2.24, 2.45) is 5.73 Å². The van der Waals surface area contributed by atoms with E-state index < -0.39 is 0 Å². The van der Waals surface area contributed by atoms with Gasteiger partial charge in [-0.2, -0.15) is 0 Å². The lowest BCUT2D eigenvalue weighted by molar-refractivity contribution is -0.115. The van der Waals surface area contributed by atoms with E-state index in [0.717, 1.165) is 0 Å². The van der Waals surface area contributed by atoms with Crippen LogP contribution in [0.5, 0.6) is 0 Å². The van der Waals surface area contributed by atoms with Crippen LogP contribution >= 0.6 is 0 Å². The molecule has 2 N–H and O–H groups in total. The third-order valence-electron chi connectivity index (χ3n) is 0. The number of hydrogen-bond donors (Lipinski definition) is 1. The lowest BCUT2D eigenvalue weighted by Gasteiger charge is -1.60. The fourth-order valence-corrected chi connectivity index (χ4v) is 0. The maximum Gasteiger partial charge on any atom is 1.00 e. The highest BCUT2D eigenvalue weighted by Crippen LogP contribution is 1.33. The topological polar surface area (TPSA) is 43.1 Å². The van der Waals surface area contributed by atoms with E-state index in [9.17, 15) is 4.79 Å². The first-order valence-electron chi connectivity index (χ1n) is 0.993. The van der Waals surface area contributed by atoms with Crippen LogP contribution in [-0.2, 0) is 4.79 Å². The molecule has 0 aromatic carbocycles. The van der Waals surface area contributed by atoms with Crippen molar-refractivity contribution < 1.29 is 23.2 Å². The third kappa shape index (κ3) is 6010. The highest BCUT2D eigenvalue weighted by Gasteiger charge is 1.61. The van der Waals surface area contributed by atoms with Crippen molar-refractivity contribution in [2.45, 2.75) is 6.92 Å². The van der Waals surface area contributed by atoms with Gasteiger partial charge in [0.25, 0.3) is 0 Å². The molecule has 0 heterocycles. The molecule has 5 heavy (non-hydrogen) atoms. The van der Waals surface area contributed by atoms with E-state index in [2.05, 4.69) is 5.73 Å². The number of nitrogens with two attached hydrogens (primary N) is 1. The van der Waals surface area contributed by atoms with Gasteiger partial charge in [0.2, 0.25) is 5.91 Å². The Balaban J connectivity index is -0.0000000450. The van der Waals surface area contributed by atoms with Gasteiger partial charge in [0.15, 0.2) is 0 Å². The smallest absolute Gasteiger partial charge is 1.00 e. The summed E-state index contributed by atoms with van der Waals surface area (Å²) in [6, 6.07) is 0. The van der Waals surface area contributed by atoms with Crippen LogP contribution in [0.1, 0.15) is 8.35 Å². The van der Waals surface area contributed by atoms with E-state index in [0.29, 0.717) is 0 Å². The van der Waals surface area contributed by atoms with Gasteiger partial charge >= 0.3 is 1.43 Å². The minimum Gasteiger partial charge on any atom is -1.00 e. The standard InChI is InChI=1S/C2H5NO.BrH/c1-2(3)4;/h1H3,(H2,3,4);1H. The Morgan fingerprint density at radius 2 is 2.00 bits per heavy atom. The number of amides is 1. The fourth-order valence-electron chi connectivity index (χ4n) is 0. The Kier molecular flexibility index (Phi) is 7.01. The number of carbonyl (C=O) groups excluding carboxylic acids is 1. The van der Waals surface area contributed by atoms with E-state index in [1.807, 2.05) is 0 Å². The van der Waals surface area contributed by atoms with Crippen LogP contribution in [-0.4, -0.2) is 5.91 Å². The van der Waals surface area contributed by atoms with Gasteiger partial charge in [-0.1, -0.05) is 0 Å². The molecule has 0 fully saturated rings. The van der Waals surface area contributed by atoms with Gasteiger partial charge in [-0.25, -0.2) is 0 Å². The van der Waals surface area contributed by atoms with Crippen molar-refractivity contribution in [3.63, 3.8) is 0 Å². The summed E-state index contributed by atoms with van der Waals surface area (Å²) in [6.45, 7) is 1.31. The van der Waals surface area contributed by atoms with E-state index in [4.69, 9.17) is 0 Å². The van der Waals surface area contributed by atoms with Crippen molar-refractivity contribution in [3.05, 3.63) is 0 Å². The third-order valence-corrected chi connectivity index (χ3v) is 0. The summed E-state index contributed by atoms with van der Waals surface area (Å²) in [7, 11) is 0. The number of carbonyl (C=O) groups is 1. The molecular weight excluding hydrogens is 134 g/mol. The first-order valence-corrected chi connectivity index (χ1v) is 0.993. The number of primary amides is 1. The molecule has 0 radical (unpaired) electrons. The highest BCUT2D eigenvalue weighted by molar-refractivity contribution is 5.70. The normalized spacial score (nSPS) is 5.00. The number of hydrogen-bond acceptors (Lipinski definition) is 1. The molecule has 32 valence electrons. The molecule has 0 spiro atoms. The summed E-state index contributed by atoms with van der Waals surface area (Å²) in [5, 5.41) is 0. The molecule has 1 amide bonds. The largest absolute Gasteiger partial charge is 1.00 e.